The molecular weight excluding hydrogens is 388 g/mol. The molecule has 0 amide bonds. The van der Waals surface area contributed by atoms with Crippen LogP contribution in [-0.2, 0) is 0 Å². The number of fused-ring (bicyclic) bond motifs is 1. The number of nitrogens with zero attached hydrogens (tertiary/aromatic N) is 3. The molecule has 1 aliphatic heterocycles. The predicted molar refractivity (Wildman–Crippen MR) is 104 cm³/mol. The van der Waals surface area contributed by atoms with Gasteiger partial charge in [0.05, 0.1) is 21.2 Å². The van der Waals surface area contributed by atoms with Crippen molar-refractivity contribution in [2.24, 2.45) is 0 Å². The van der Waals surface area contributed by atoms with Crippen molar-refractivity contribution in [2.45, 2.75) is 30.7 Å². The fraction of sp³-hybridized carbons (Fsp3) is 0.316. The molecule has 1 saturated carbocycles. The van der Waals surface area contributed by atoms with Gasteiger partial charge in [-0.3, -0.25) is 0 Å². The highest BCUT2D eigenvalue weighted by atomic mass is 35.5. The van der Waals surface area contributed by atoms with Crippen molar-refractivity contribution in [1.29, 1.82) is 0 Å². The van der Waals surface area contributed by atoms with Crippen LogP contribution in [0.15, 0.2) is 30.6 Å². The Balaban J connectivity index is 1.49. The number of anilines is 2. The van der Waals surface area contributed by atoms with Gasteiger partial charge in [0.1, 0.15) is 11.8 Å². The van der Waals surface area contributed by atoms with Crippen LogP contribution in [0, 0.1) is 5.82 Å². The maximum atomic E-state index is 14.4. The fourth-order valence-corrected chi connectivity index (χ4v) is 4.25. The molecule has 5 nitrogen and oxygen atoms in total. The Morgan fingerprint density at radius 3 is 2.70 bits per heavy atom. The predicted octanol–water partition coefficient (Wildman–Crippen LogP) is 4.82. The number of nitrogens with one attached hydrogen (secondary N) is 2. The minimum Gasteiger partial charge on any atom is -0.336 e. The van der Waals surface area contributed by atoms with Gasteiger partial charge in [-0.1, -0.05) is 23.2 Å². The Kier molecular flexibility index (Phi) is 3.96. The maximum absolute atomic E-state index is 14.4. The second kappa shape index (κ2) is 6.26. The summed E-state index contributed by atoms with van der Waals surface area (Å²) in [4.78, 5) is 13.3. The first kappa shape index (κ1) is 17.1. The van der Waals surface area contributed by atoms with Crippen molar-refractivity contribution in [3.8, 4) is 0 Å². The molecule has 8 heteroatoms. The van der Waals surface area contributed by atoms with Crippen molar-refractivity contribution in [2.75, 3.05) is 11.9 Å². The molecule has 2 fully saturated rings. The van der Waals surface area contributed by atoms with Gasteiger partial charge in [0.2, 0.25) is 0 Å². The zero-order chi connectivity index (χ0) is 18.6. The zero-order valence-electron chi connectivity index (χ0n) is 14.3. The number of benzene rings is 1. The van der Waals surface area contributed by atoms with Crippen LogP contribution in [0.4, 0.5) is 15.9 Å². The van der Waals surface area contributed by atoms with E-state index in [-0.39, 0.29) is 15.7 Å². The number of hydrogen-bond acceptors (Lipinski definition) is 5. The Morgan fingerprint density at radius 1 is 1.15 bits per heavy atom. The quantitative estimate of drug-likeness (QED) is 0.613. The van der Waals surface area contributed by atoms with Gasteiger partial charge in [-0.2, -0.15) is 0 Å². The molecule has 3 heterocycles. The van der Waals surface area contributed by atoms with Crippen LogP contribution in [-0.4, -0.2) is 27.0 Å². The van der Waals surface area contributed by atoms with Crippen LogP contribution in [0.2, 0.25) is 10.0 Å². The molecule has 1 saturated heterocycles. The average Bonchev–Trinajstić information content (AvgIpc) is 2.60. The van der Waals surface area contributed by atoms with Gasteiger partial charge in [0, 0.05) is 17.2 Å². The van der Waals surface area contributed by atoms with E-state index < -0.39 is 5.82 Å². The zero-order valence-corrected chi connectivity index (χ0v) is 15.8. The molecule has 27 heavy (non-hydrogen) atoms. The van der Waals surface area contributed by atoms with Crippen LogP contribution < -0.4 is 10.6 Å². The van der Waals surface area contributed by atoms with Crippen LogP contribution in [0.5, 0.6) is 0 Å². The molecule has 138 valence electrons. The molecule has 0 bridgehead atoms. The Hall–Kier alpha value is -2.02. The fourth-order valence-electron chi connectivity index (χ4n) is 3.94. The summed E-state index contributed by atoms with van der Waals surface area (Å²) in [6.45, 7) is 1.11. The SMILES string of the molecule is Fc1c(Nc2ncnc3ccc(C4CC5(CCN5)C4)nc23)ccc(Cl)c1Cl. The Morgan fingerprint density at radius 2 is 1.96 bits per heavy atom. The third-order valence-corrected chi connectivity index (χ3v) is 6.37. The van der Waals surface area contributed by atoms with Gasteiger partial charge >= 0.3 is 0 Å². The molecule has 3 aromatic rings. The lowest BCUT2D eigenvalue weighted by atomic mass is 9.62. The minimum absolute atomic E-state index is 0.124. The van der Waals surface area contributed by atoms with Gasteiger partial charge in [0.15, 0.2) is 11.6 Å². The molecule has 2 N–H and O–H groups in total. The summed E-state index contributed by atoms with van der Waals surface area (Å²) in [6.07, 6.45) is 4.87. The van der Waals surface area contributed by atoms with Gasteiger partial charge < -0.3 is 10.6 Å². The molecule has 1 spiro atoms. The maximum Gasteiger partial charge on any atom is 0.166 e. The Bertz CT molecular complexity index is 1050. The lowest BCUT2D eigenvalue weighted by molar-refractivity contribution is 0.0750. The number of aromatic nitrogens is 3. The summed E-state index contributed by atoms with van der Waals surface area (Å²) in [5.41, 5.74) is 2.86. The molecule has 1 aromatic carbocycles. The van der Waals surface area contributed by atoms with E-state index >= 15 is 0 Å². The molecule has 0 radical (unpaired) electrons. The summed E-state index contributed by atoms with van der Waals surface area (Å²) in [7, 11) is 0. The average molecular weight is 404 g/mol. The first-order valence-corrected chi connectivity index (χ1v) is 9.57. The van der Waals surface area contributed by atoms with E-state index in [0.717, 1.165) is 25.1 Å². The van der Waals surface area contributed by atoms with Crippen LogP contribution >= 0.6 is 23.2 Å². The number of rotatable bonds is 3. The summed E-state index contributed by atoms with van der Waals surface area (Å²) in [6, 6.07) is 7.03. The van der Waals surface area contributed by atoms with Gasteiger partial charge in [0.25, 0.3) is 0 Å². The number of pyridine rings is 1. The van der Waals surface area contributed by atoms with E-state index in [2.05, 4.69) is 20.6 Å². The van der Waals surface area contributed by atoms with Crippen LogP contribution in [0.3, 0.4) is 0 Å². The number of halogens is 3. The summed E-state index contributed by atoms with van der Waals surface area (Å²) >= 11 is 11.8. The monoisotopic (exact) mass is 403 g/mol. The lowest BCUT2D eigenvalue weighted by Crippen LogP contribution is -2.63. The minimum atomic E-state index is -0.621. The highest BCUT2D eigenvalue weighted by Gasteiger charge is 2.48. The topological polar surface area (TPSA) is 62.7 Å². The Labute approximate surface area is 165 Å². The third kappa shape index (κ3) is 2.83. The molecule has 0 atom stereocenters. The van der Waals surface area contributed by atoms with Gasteiger partial charge in [-0.05, 0) is 50.1 Å². The van der Waals surface area contributed by atoms with E-state index in [0.29, 0.717) is 28.3 Å². The van der Waals surface area contributed by atoms with E-state index in [1.54, 1.807) is 0 Å². The second-order valence-corrected chi connectivity index (χ2v) is 8.02. The molecule has 0 unspecified atom stereocenters. The highest BCUT2D eigenvalue weighted by Crippen LogP contribution is 2.49. The van der Waals surface area contributed by atoms with E-state index in [1.165, 1.54) is 24.9 Å². The van der Waals surface area contributed by atoms with Crippen LogP contribution in [0.25, 0.3) is 11.0 Å². The molecular formula is C19H16Cl2FN5. The summed E-state index contributed by atoms with van der Waals surface area (Å²) < 4.78 is 14.4. The van der Waals surface area contributed by atoms with Gasteiger partial charge in [-0.25, -0.2) is 19.3 Å². The molecule has 5 rings (SSSR count). The first-order chi connectivity index (χ1) is 13.0. The lowest BCUT2D eigenvalue weighted by Gasteiger charge is -2.54. The molecule has 2 aromatic heterocycles. The largest absolute Gasteiger partial charge is 0.336 e. The summed E-state index contributed by atoms with van der Waals surface area (Å²) in [5, 5.41) is 6.55. The molecule has 2 aliphatic rings. The van der Waals surface area contributed by atoms with Crippen molar-refractivity contribution in [3.63, 3.8) is 0 Å². The van der Waals surface area contributed by atoms with Crippen LogP contribution in [0.1, 0.15) is 30.9 Å². The second-order valence-electron chi connectivity index (χ2n) is 7.24. The highest BCUT2D eigenvalue weighted by molar-refractivity contribution is 6.42. The van der Waals surface area contributed by atoms with Crippen molar-refractivity contribution in [3.05, 3.63) is 52.1 Å². The standard InChI is InChI=1S/C19H16Cl2FN5/c20-11-1-2-13(16(22)15(11)21)27-18-17-14(23-9-24-18)4-3-12(26-17)10-7-19(8-10)5-6-25-19/h1-4,9-10,25H,5-8H2,(H,23,24,27). The van der Waals surface area contributed by atoms with E-state index in [9.17, 15) is 4.39 Å². The summed E-state index contributed by atoms with van der Waals surface area (Å²) in [5.74, 6) is 0.246. The van der Waals surface area contributed by atoms with E-state index in [1.807, 2.05) is 12.1 Å². The first-order valence-electron chi connectivity index (χ1n) is 8.82. The van der Waals surface area contributed by atoms with Crippen molar-refractivity contribution in [1.82, 2.24) is 20.3 Å². The van der Waals surface area contributed by atoms with Crippen molar-refractivity contribution < 1.29 is 4.39 Å². The number of hydrogen-bond donors (Lipinski definition) is 2. The van der Waals surface area contributed by atoms with Crippen molar-refractivity contribution >= 4 is 45.7 Å². The third-order valence-electron chi connectivity index (χ3n) is 5.59. The van der Waals surface area contributed by atoms with Gasteiger partial charge in [-0.15, -0.1) is 0 Å². The van der Waals surface area contributed by atoms with E-state index in [4.69, 9.17) is 28.2 Å². The normalized spacial score (nSPS) is 23.9. The smallest absolute Gasteiger partial charge is 0.166 e. The molecule has 1 aliphatic carbocycles.